The third-order valence-electron chi connectivity index (χ3n) is 2.62. The predicted octanol–water partition coefficient (Wildman–Crippen LogP) is 1.32. The van der Waals surface area contributed by atoms with Gasteiger partial charge < -0.3 is 10.1 Å². The van der Waals surface area contributed by atoms with Gasteiger partial charge in [0.1, 0.15) is 11.2 Å². The maximum atomic E-state index is 11.3. The van der Waals surface area contributed by atoms with Crippen LogP contribution in [0.3, 0.4) is 0 Å². The zero-order valence-electron chi connectivity index (χ0n) is 10.3. The minimum atomic E-state index is -3.35. The summed E-state index contributed by atoms with van der Waals surface area (Å²) in [6.07, 6.45) is 1.02. The Morgan fingerprint density at radius 2 is 2.05 bits per heavy atom. The number of carboxylic acids is 1. The first-order valence-corrected chi connectivity index (χ1v) is 7.44. The molecule has 0 fully saturated rings. The topological polar surface area (TPSA) is 130 Å². The highest BCUT2D eigenvalue weighted by molar-refractivity contribution is 7.89. The molecule has 1 heterocycles. The molecule has 0 radical (unpaired) electrons. The Hall–Kier alpha value is -2.42. The number of aromatic carboxylic acids is 1. The molecule has 0 saturated heterocycles. The maximum absolute atomic E-state index is 11.3. The first-order valence-electron chi connectivity index (χ1n) is 5.38. The molecule has 106 valence electrons. The number of H-pyrrole nitrogens is 1. The van der Waals surface area contributed by atoms with E-state index >= 15 is 0 Å². The summed E-state index contributed by atoms with van der Waals surface area (Å²) in [5, 5.41) is 20.2. The number of benzene rings is 1. The fourth-order valence-electron chi connectivity index (χ4n) is 1.93. The van der Waals surface area contributed by atoms with Crippen LogP contribution < -0.4 is 0 Å². The fourth-order valence-corrected chi connectivity index (χ4v) is 2.70. The van der Waals surface area contributed by atoms with Crippen molar-refractivity contribution < 1.29 is 23.2 Å². The van der Waals surface area contributed by atoms with Crippen LogP contribution in [0.15, 0.2) is 18.2 Å². The molecule has 2 aromatic rings. The second-order valence-electron chi connectivity index (χ2n) is 4.39. The molecule has 0 amide bonds. The van der Waals surface area contributed by atoms with Crippen LogP contribution in [0.4, 0.5) is 5.69 Å². The largest absolute Gasteiger partial charge is 0.477 e. The molecular weight excluding hydrogens is 288 g/mol. The van der Waals surface area contributed by atoms with Crippen molar-refractivity contribution in [1.29, 1.82) is 0 Å². The summed E-state index contributed by atoms with van der Waals surface area (Å²) in [6, 6.07) is 3.79. The number of carboxylic acid groups (broad SMARTS) is 1. The van der Waals surface area contributed by atoms with E-state index in [4.69, 9.17) is 5.11 Å². The minimum Gasteiger partial charge on any atom is -0.477 e. The van der Waals surface area contributed by atoms with Crippen LogP contribution in [-0.2, 0) is 15.6 Å². The van der Waals surface area contributed by atoms with Gasteiger partial charge in [0.05, 0.1) is 10.7 Å². The van der Waals surface area contributed by atoms with Gasteiger partial charge in [0.2, 0.25) is 0 Å². The highest BCUT2D eigenvalue weighted by atomic mass is 32.2. The van der Waals surface area contributed by atoms with Gasteiger partial charge in [-0.25, -0.2) is 13.2 Å². The zero-order valence-corrected chi connectivity index (χ0v) is 11.1. The van der Waals surface area contributed by atoms with E-state index in [0.29, 0.717) is 0 Å². The number of nitro groups is 1. The van der Waals surface area contributed by atoms with E-state index in [9.17, 15) is 23.3 Å². The maximum Gasteiger partial charge on any atom is 0.352 e. The van der Waals surface area contributed by atoms with Crippen molar-refractivity contribution in [1.82, 2.24) is 4.98 Å². The summed E-state index contributed by atoms with van der Waals surface area (Å²) < 4.78 is 22.5. The predicted molar refractivity (Wildman–Crippen MR) is 70.5 cm³/mol. The van der Waals surface area contributed by atoms with Crippen LogP contribution in [0.1, 0.15) is 16.1 Å². The molecule has 2 N–H and O–H groups in total. The Kier molecular flexibility index (Phi) is 3.22. The lowest BCUT2D eigenvalue weighted by Gasteiger charge is -2.01. The van der Waals surface area contributed by atoms with Crippen LogP contribution in [0.2, 0.25) is 0 Å². The van der Waals surface area contributed by atoms with Crippen molar-refractivity contribution in [2.24, 2.45) is 0 Å². The van der Waals surface area contributed by atoms with Crippen molar-refractivity contribution in [3.63, 3.8) is 0 Å². The van der Waals surface area contributed by atoms with Gasteiger partial charge in [0.15, 0.2) is 9.84 Å². The number of nitrogens with zero attached hydrogens (tertiary/aromatic N) is 1. The number of hydrogen-bond acceptors (Lipinski definition) is 5. The van der Waals surface area contributed by atoms with Gasteiger partial charge in [0, 0.05) is 17.7 Å². The van der Waals surface area contributed by atoms with Crippen molar-refractivity contribution in [2.45, 2.75) is 5.75 Å². The third-order valence-corrected chi connectivity index (χ3v) is 3.48. The number of hydrogen-bond donors (Lipinski definition) is 2. The normalized spacial score (nSPS) is 11.7. The second-order valence-corrected chi connectivity index (χ2v) is 6.53. The molecule has 2 rings (SSSR count). The molecule has 20 heavy (non-hydrogen) atoms. The van der Waals surface area contributed by atoms with E-state index in [1.165, 1.54) is 12.1 Å². The summed E-state index contributed by atoms with van der Waals surface area (Å²) in [6.45, 7) is 0. The van der Waals surface area contributed by atoms with E-state index < -0.39 is 20.7 Å². The van der Waals surface area contributed by atoms with Crippen LogP contribution in [0, 0.1) is 10.1 Å². The Labute approximate surface area is 113 Å². The van der Waals surface area contributed by atoms with Crippen molar-refractivity contribution in [3.8, 4) is 0 Å². The van der Waals surface area contributed by atoms with E-state index in [0.717, 1.165) is 12.3 Å². The molecule has 0 bridgehead atoms. The number of sulfone groups is 1. The number of nitro benzene ring substituents is 1. The average Bonchev–Trinajstić information content (AvgIpc) is 2.69. The van der Waals surface area contributed by atoms with E-state index in [1.807, 2.05) is 0 Å². The lowest BCUT2D eigenvalue weighted by atomic mass is 10.1. The van der Waals surface area contributed by atoms with Crippen LogP contribution >= 0.6 is 0 Å². The average molecular weight is 298 g/mol. The van der Waals surface area contributed by atoms with E-state index in [-0.39, 0.29) is 33.6 Å². The van der Waals surface area contributed by atoms with Crippen LogP contribution in [-0.4, -0.2) is 35.7 Å². The first-order chi connectivity index (χ1) is 9.17. The van der Waals surface area contributed by atoms with Crippen molar-refractivity contribution in [3.05, 3.63) is 39.6 Å². The summed E-state index contributed by atoms with van der Waals surface area (Å²) in [5.74, 6) is -1.60. The molecule has 0 spiro atoms. The number of aromatic amines is 1. The highest BCUT2D eigenvalue weighted by Crippen LogP contribution is 2.28. The van der Waals surface area contributed by atoms with E-state index in [1.54, 1.807) is 0 Å². The molecule has 8 nitrogen and oxygen atoms in total. The number of non-ortho nitro benzene ring substituents is 1. The van der Waals surface area contributed by atoms with E-state index in [2.05, 4.69) is 4.98 Å². The minimum absolute atomic E-state index is 0.0599. The molecule has 0 atom stereocenters. The second kappa shape index (κ2) is 4.60. The van der Waals surface area contributed by atoms with Gasteiger partial charge in [0.25, 0.3) is 5.69 Å². The monoisotopic (exact) mass is 298 g/mol. The van der Waals surface area contributed by atoms with Crippen molar-refractivity contribution in [2.75, 3.05) is 6.26 Å². The number of aromatic nitrogens is 1. The van der Waals surface area contributed by atoms with Gasteiger partial charge in [-0.2, -0.15) is 0 Å². The Balaban J connectivity index is 2.70. The van der Waals surface area contributed by atoms with Gasteiger partial charge in [-0.3, -0.25) is 10.1 Å². The number of carbonyl (C=O) groups is 1. The molecule has 0 aliphatic rings. The summed E-state index contributed by atoms with van der Waals surface area (Å²) in [5.41, 5.74) is -0.249. The molecule has 9 heteroatoms. The Bertz CT molecular complexity index is 821. The number of nitrogens with one attached hydrogen (secondary N) is 1. The van der Waals surface area contributed by atoms with Gasteiger partial charge in [-0.15, -0.1) is 0 Å². The van der Waals surface area contributed by atoms with Crippen LogP contribution in [0.25, 0.3) is 10.9 Å². The third kappa shape index (κ3) is 2.77. The molecule has 0 unspecified atom stereocenters. The Morgan fingerprint density at radius 3 is 2.55 bits per heavy atom. The molecule has 1 aromatic heterocycles. The van der Waals surface area contributed by atoms with Crippen LogP contribution in [0.5, 0.6) is 0 Å². The highest BCUT2D eigenvalue weighted by Gasteiger charge is 2.19. The number of fused-ring (bicyclic) bond motifs is 1. The quantitative estimate of drug-likeness (QED) is 0.646. The summed E-state index contributed by atoms with van der Waals surface area (Å²) in [7, 11) is -3.35. The smallest absolute Gasteiger partial charge is 0.352 e. The summed E-state index contributed by atoms with van der Waals surface area (Å²) >= 11 is 0. The SMILES string of the molecule is CS(=O)(=O)Cc1cc([N+](=O)[O-])c2[nH]c(C(=O)O)cc2c1. The molecule has 1 aromatic carbocycles. The molecule has 0 aliphatic carbocycles. The van der Waals surface area contributed by atoms with Gasteiger partial charge in [-0.05, 0) is 17.7 Å². The van der Waals surface area contributed by atoms with Crippen molar-refractivity contribution >= 4 is 32.4 Å². The molecule has 0 aliphatic heterocycles. The zero-order chi connectivity index (χ0) is 15.1. The molecule has 0 saturated carbocycles. The van der Waals surface area contributed by atoms with Gasteiger partial charge in [-0.1, -0.05) is 0 Å². The lowest BCUT2D eigenvalue weighted by molar-refractivity contribution is -0.383. The standard InChI is InChI=1S/C11H10N2O6S/c1-20(18,19)5-6-2-7-4-8(11(14)15)12-10(7)9(3-6)13(16)17/h2-4,12H,5H2,1H3,(H,14,15). The first kappa shape index (κ1) is 14.0. The van der Waals surface area contributed by atoms with Gasteiger partial charge >= 0.3 is 5.97 Å². The molecular formula is C11H10N2O6S. The lowest BCUT2D eigenvalue weighted by Crippen LogP contribution is -2.01. The number of rotatable bonds is 4. The Morgan fingerprint density at radius 1 is 1.40 bits per heavy atom. The fraction of sp³-hybridized carbons (Fsp3) is 0.182. The summed E-state index contributed by atoms with van der Waals surface area (Å²) in [4.78, 5) is 23.6.